The lowest BCUT2D eigenvalue weighted by Gasteiger charge is -2.16. The normalized spacial score (nSPS) is 10.8. The van der Waals surface area contributed by atoms with Crippen LogP contribution in [0.4, 0.5) is 0 Å². The number of Topliss-reactive ketones (excluding diaryl/α,β-unsaturated/α-hetero) is 1. The van der Waals surface area contributed by atoms with Crippen molar-refractivity contribution in [2.45, 2.75) is 20.4 Å². The molecule has 2 nitrogen and oxygen atoms in total. The fraction of sp³-hybridized carbons (Fsp3) is 0.278. The average molecular weight is 267 g/mol. The summed E-state index contributed by atoms with van der Waals surface area (Å²) in [6.45, 7) is 5.27. The number of likely N-dealkylation sites (N-methyl/N-ethyl adjacent to an activating group) is 1. The van der Waals surface area contributed by atoms with Gasteiger partial charge in [0.15, 0.2) is 5.78 Å². The smallest absolute Gasteiger partial charge is 0.177 e. The first-order valence-electron chi connectivity index (χ1n) is 6.89. The van der Waals surface area contributed by atoms with E-state index in [1.165, 1.54) is 11.1 Å². The molecule has 0 saturated carbocycles. The number of ketones is 1. The molecule has 0 spiro atoms. The van der Waals surface area contributed by atoms with Crippen LogP contribution in [0.3, 0.4) is 0 Å². The molecular formula is C18H21NO. The van der Waals surface area contributed by atoms with E-state index in [-0.39, 0.29) is 5.78 Å². The van der Waals surface area contributed by atoms with E-state index in [1.807, 2.05) is 51.2 Å². The van der Waals surface area contributed by atoms with Gasteiger partial charge in [-0.3, -0.25) is 9.69 Å². The summed E-state index contributed by atoms with van der Waals surface area (Å²) < 4.78 is 0. The summed E-state index contributed by atoms with van der Waals surface area (Å²) in [7, 11) is 1.98. The monoisotopic (exact) mass is 267 g/mol. The quantitative estimate of drug-likeness (QED) is 0.771. The molecule has 20 heavy (non-hydrogen) atoms. The van der Waals surface area contributed by atoms with E-state index in [1.54, 1.807) is 0 Å². The molecule has 2 heteroatoms. The molecule has 0 saturated heterocycles. The highest BCUT2D eigenvalue weighted by molar-refractivity contribution is 5.98. The van der Waals surface area contributed by atoms with E-state index in [0.717, 1.165) is 17.7 Å². The first-order chi connectivity index (χ1) is 9.56. The summed E-state index contributed by atoms with van der Waals surface area (Å²) in [6, 6.07) is 16.2. The van der Waals surface area contributed by atoms with E-state index in [4.69, 9.17) is 0 Å². The van der Waals surface area contributed by atoms with Crippen LogP contribution in [0.15, 0.2) is 48.5 Å². The van der Waals surface area contributed by atoms with Crippen LogP contribution in [0.2, 0.25) is 0 Å². The largest absolute Gasteiger partial charge is 0.295 e. The van der Waals surface area contributed by atoms with Crippen LogP contribution in [-0.2, 0) is 6.54 Å². The van der Waals surface area contributed by atoms with Gasteiger partial charge in [-0.05, 0) is 32.0 Å². The van der Waals surface area contributed by atoms with Crippen molar-refractivity contribution in [1.82, 2.24) is 4.90 Å². The van der Waals surface area contributed by atoms with Crippen LogP contribution in [0.1, 0.15) is 27.0 Å². The average Bonchev–Trinajstić information content (AvgIpc) is 2.39. The van der Waals surface area contributed by atoms with Crippen molar-refractivity contribution < 1.29 is 4.79 Å². The molecule has 0 amide bonds. The Labute approximate surface area is 121 Å². The lowest BCUT2D eigenvalue weighted by atomic mass is 10.0. The van der Waals surface area contributed by atoms with Crippen molar-refractivity contribution in [2.75, 3.05) is 13.6 Å². The summed E-state index contributed by atoms with van der Waals surface area (Å²) >= 11 is 0. The number of carbonyl (C=O) groups excluding carboxylic acids is 1. The maximum absolute atomic E-state index is 12.3. The van der Waals surface area contributed by atoms with Crippen LogP contribution in [-0.4, -0.2) is 24.3 Å². The van der Waals surface area contributed by atoms with Crippen molar-refractivity contribution in [1.29, 1.82) is 0 Å². The summed E-state index contributed by atoms with van der Waals surface area (Å²) in [5.74, 6) is 0.181. The lowest BCUT2D eigenvalue weighted by Crippen LogP contribution is -2.26. The van der Waals surface area contributed by atoms with Crippen molar-refractivity contribution in [2.24, 2.45) is 0 Å². The Bertz CT molecular complexity index is 590. The molecule has 0 N–H and O–H groups in total. The second-order valence-corrected chi connectivity index (χ2v) is 5.40. The predicted octanol–water partition coefficient (Wildman–Crippen LogP) is 3.62. The van der Waals surface area contributed by atoms with Gasteiger partial charge in [-0.2, -0.15) is 0 Å². The number of rotatable bonds is 5. The molecule has 0 aliphatic heterocycles. The van der Waals surface area contributed by atoms with Gasteiger partial charge in [-0.15, -0.1) is 0 Å². The van der Waals surface area contributed by atoms with E-state index in [9.17, 15) is 4.79 Å². The molecule has 0 aromatic heterocycles. The zero-order valence-corrected chi connectivity index (χ0v) is 12.4. The minimum Gasteiger partial charge on any atom is -0.295 e. The highest BCUT2D eigenvalue weighted by Crippen LogP contribution is 2.12. The highest BCUT2D eigenvalue weighted by Gasteiger charge is 2.12. The fourth-order valence-corrected chi connectivity index (χ4v) is 2.41. The molecule has 0 fully saturated rings. The third-order valence-electron chi connectivity index (χ3n) is 3.39. The van der Waals surface area contributed by atoms with Crippen molar-refractivity contribution in [3.05, 3.63) is 70.8 Å². The zero-order valence-electron chi connectivity index (χ0n) is 12.4. The third-order valence-corrected chi connectivity index (χ3v) is 3.39. The zero-order chi connectivity index (χ0) is 14.5. The number of hydrogen-bond acceptors (Lipinski definition) is 2. The van der Waals surface area contributed by atoms with Crippen LogP contribution in [0.5, 0.6) is 0 Å². The molecule has 0 unspecified atom stereocenters. The van der Waals surface area contributed by atoms with E-state index < -0.39 is 0 Å². The first kappa shape index (κ1) is 14.5. The molecule has 0 atom stereocenters. The molecule has 104 valence electrons. The van der Waals surface area contributed by atoms with Gasteiger partial charge >= 0.3 is 0 Å². The fourth-order valence-electron chi connectivity index (χ4n) is 2.41. The SMILES string of the molecule is Cc1ccc(C(=O)CN(C)Cc2ccccc2)c(C)c1. The Morgan fingerprint density at radius 1 is 1.05 bits per heavy atom. The number of aryl methyl sites for hydroxylation is 2. The molecule has 2 aromatic carbocycles. The number of benzene rings is 2. The minimum atomic E-state index is 0.181. The van der Waals surface area contributed by atoms with E-state index in [2.05, 4.69) is 23.1 Å². The van der Waals surface area contributed by atoms with Gasteiger partial charge in [-0.1, -0.05) is 54.1 Å². The molecule has 0 heterocycles. The maximum Gasteiger partial charge on any atom is 0.177 e. The molecule has 0 radical (unpaired) electrons. The second kappa shape index (κ2) is 6.49. The molecule has 2 aromatic rings. The molecule has 0 aliphatic carbocycles. The van der Waals surface area contributed by atoms with E-state index in [0.29, 0.717) is 6.54 Å². The van der Waals surface area contributed by atoms with Crippen LogP contribution < -0.4 is 0 Å². The predicted molar refractivity (Wildman–Crippen MR) is 83.0 cm³/mol. The van der Waals surface area contributed by atoms with Crippen LogP contribution in [0, 0.1) is 13.8 Å². The second-order valence-electron chi connectivity index (χ2n) is 5.40. The number of hydrogen-bond donors (Lipinski definition) is 0. The van der Waals surface area contributed by atoms with Crippen molar-refractivity contribution >= 4 is 5.78 Å². The van der Waals surface area contributed by atoms with Gasteiger partial charge in [0.2, 0.25) is 0 Å². The molecular weight excluding hydrogens is 246 g/mol. The summed E-state index contributed by atoms with van der Waals surface area (Å²) in [5, 5.41) is 0. The van der Waals surface area contributed by atoms with Gasteiger partial charge in [0.1, 0.15) is 0 Å². The number of nitrogens with zero attached hydrogens (tertiary/aromatic N) is 1. The van der Waals surface area contributed by atoms with Crippen LogP contribution in [0.25, 0.3) is 0 Å². The van der Waals surface area contributed by atoms with E-state index >= 15 is 0 Å². The molecule has 0 bridgehead atoms. The Kier molecular flexibility index (Phi) is 4.70. The van der Waals surface area contributed by atoms with Crippen molar-refractivity contribution in [3.63, 3.8) is 0 Å². The van der Waals surface area contributed by atoms with Crippen LogP contribution >= 0.6 is 0 Å². The van der Waals surface area contributed by atoms with Gasteiger partial charge in [-0.25, -0.2) is 0 Å². The lowest BCUT2D eigenvalue weighted by molar-refractivity contribution is 0.0942. The Hall–Kier alpha value is -1.93. The van der Waals surface area contributed by atoms with Gasteiger partial charge in [0.05, 0.1) is 6.54 Å². The molecule has 0 aliphatic rings. The van der Waals surface area contributed by atoms with Gasteiger partial charge in [0, 0.05) is 12.1 Å². The summed E-state index contributed by atoms with van der Waals surface area (Å²) in [5.41, 5.74) is 4.30. The van der Waals surface area contributed by atoms with Crippen molar-refractivity contribution in [3.8, 4) is 0 Å². The summed E-state index contributed by atoms with van der Waals surface area (Å²) in [6.07, 6.45) is 0. The first-order valence-corrected chi connectivity index (χ1v) is 6.89. The summed E-state index contributed by atoms with van der Waals surface area (Å²) in [4.78, 5) is 14.4. The topological polar surface area (TPSA) is 20.3 Å². The molecule has 2 rings (SSSR count). The standard InChI is InChI=1S/C18H21NO/c1-14-9-10-17(15(2)11-14)18(20)13-19(3)12-16-7-5-4-6-8-16/h4-11H,12-13H2,1-3H3. The Morgan fingerprint density at radius 3 is 2.40 bits per heavy atom. The van der Waals surface area contributed by atoms with Gasteiger partial charge < -0.3 is 0 Å². The third kappa shape index (κ3) is 3.78. The highest BCUT2D eigenvalue weighted by atomic mass is 16.1. The Morgan fingerprint density at radius 2 is 1.75 bits per heavy atom. The Balaban J connectivity index is 2.00. The van der Waals surface area contributed by atoms with Gasteiger partial charge in [0.25, 0.3) is 0 Å². The maximum atomic E-state index is 12.3. The number of carbonyl (C=O) groups is 1. The minimum absolute atomic E-state index is 0.181.